The second-order valence-electron chi connectivity index (χ2n) is 8.55. The van der Waals surface area contributed by atoms with Gasteiger partial charge in [0.15, 0.2) is 0 Å². The number of nitrogens with one attached hydrogen (secondary N) is 3. The molecule has 0 saturated heterocycles. The summed E-state index contributed by atoms with van der Waals surface area (Å²) in [5, 5.41) is 6.27. The molecule has 0 radical (unpaired) electrons. The van der Waals surface area contributed by atoms with Crippen LogP contribution in [0.3, 0.4) is 0 Å². The average Bonchev–Trinajstić information content (AvgIpc) is 2.85. The summed E-state index contributed by atoms with van der Waals surface area (Å²) in [6.07, 6.45) is 0. The lowest BCUT2D eigenvalue weighted by Crippen LogP contribution is -2.16. The first-order valence-corrected chi connectivity index (χ1v) is 15.5. The average molecular weight is 620 g/mol. The molecule has 0 aliphatic carbocycles. The molecule has 0 unspecified atom stereocenters. The van der Waals surface area contributed by atoms with Crippen molar-refractivity contribution in [1.29, 1.82) is 0 Å². The highest BCUT2D eigenvalue weighted by atomic mass is 32.2. The van der Waals surface area contributed by atoms with Crippen molar-refractivity contribution < 1.29 is 38.9 Å². The molecule has 0 bridgehead atoms. The van der Waals surface area contributed by atoms with E-state index in [4.69, 9.17) is 0 Å². The van der Waals surface area contributed by atoms with E-state index >= 15 is 0 Å². The van der Waals surface area contributed by atoms with Crippen LogP contribution in [0, 0.1) is 0 Å². The minimum atomic E-state index is -4.86. The Kier molecular flexibility index (Phi) is 6.76. The lowest BCUT2D eigenvalue weighted by molar-refractivity contribution is 0.479. The van der Waals surface area contributed by atoms with Crippen molar-refractivity contribution in [2.24, 2.45) is 0 Å². The normalized spacial score (nSPS) is 12.5. The maximum absolute atomic E-state index is 12.2. The Bertz CT molecular complexity index is 2270. The predicted octanol–water partition coefficient (Wildman–Crippen LogP) is 2.70. The molecule has 212 valence electrons. The van der Waals surface area contributed by atoms with E-state index in [1.807, 2.05) is 0 Å². The number of hydrogen-bond donors (Lipinski definition) is 6. The zero-order chi connectivity index (χ0) is 29.7. The van der Waals surface area contributed by atoms with Gasteiger partial charge in [0.1, 0.15) is 9.79 Å². The first kappa shape index (κ1) is 28.1. The number of fused-ring (bicyclic) bond motifs is 2. The van der Waals surface area contributed by atoms with Crippen LogP contribution in [-0.2, 0) is 30.4 Å². The summed E-state index contributed by atoms with van der Waals surface area (Å²) >= 11 is 0. The molecule has 0 atom stereocenters. The van der Waals surface area contributed by atoms with Gasteiger partial charge in [-0.3, -0.25) is 18.6 Å². The van der Waals surface area contributed by atoms with E-state index < -0.39 is 45.8 Å². The van der Waals surface area contributed by atoms with Gasteiger partial charge in [0, 0.05) is 22.1 Å². The van der Waals surface area contributed by atoms with Crippen LogP contribution in [0.2, 0.25) is 0 Å². The van der Waals surface area contributed by atoms with Crippen molar-refractivity contribution in [2.45, 2.75) is 14.7 Å². The molecule has 0 aliphatic rings. The van der Waals surface area contributed by atoms with Crippen LogP contribution < -0.4 is 16.3 Å². The molecule has 15 nitrogen and oxygen atoms in total. The van der Waals surface area contributed by atoms with Crippen molar-refractivity contribution >= 4 is 75.2 Å². The van der Waals surface area contributed by atoms with Gasteiger partial charge < -0.3 is 10.6 Å². The Balaban J connectivity index is 1.49. The zero-order valence-corrected chi connectivity index (χ0v) is 22.6. The number of anilines is 4. The molecule has 1 aromatic heterocycles. The van der Waals surface area contributed by atoms with Crippen LogP contribution in [0.1, 0.15) is 0 Å². The Labute approximate surface area is 231 Å². The summed E-state index contributed by atoms with van der Waals surface area (Å²) in [5.41, 5.74) is -0.236. The summed E-state index contributed by atoms with van der Waals surface area (Å²) in [6, 6.07) is 14.3. The lowest BCUT2D eigenvalue weighted by atomic mass is 10.1. The van der Waals surface area contributed by atoms with Crippen molar-refractivity contribution in [3.8, 4) is 0 Å². The number of aromatic amines is 1. The van der Waals surface area contributed by atoms with Gasteiger partial charge in [-0.05, 0) is 53.2 Å². The Morgan fingerprint density at radius 1 is 0.634 bits per heavy atom. The third kappa shape index (κ3) is 6.01. The summed E-state index contributed by atoms with van der Waals surface area (Å²) in [5.74, 6) is -0.285. The number of nitrogens with zero attached hydrogens (tertiary/aromatic N) is 2. The van der Waals surface area contributed by atoms with Gasteiger partial charge in [0.2, 0.25) is 11.9 Å². The van der Waals surface area contributed by atoms with Crippen molar-refractivity contribution in [3.63, 3.8) is 0 Å². The highest BCUT2D eigenvalue weighted by molar-refractivity contribution is 7.87. The van der Waals surface area contributed by atoms with Gasteiger partial charge in [0.25, 0.3) is 30.4 Å². The number of H-pyrrole nitrogens is 1. The second kappa shape index (κ2) is 9.87. The molecule has 0 aliphatic heterocycles. The van der Waals surface area contributed by atoms with Crippen LogP contribution in [0.25, 0.3) is 21.5 Å². The van der Waals surface area contributed by atoms with Gasteiger partial charge in [0.05, 0.1) is 4.90 Å². The van der Waals surface area contributed by atoms with E-state index in [1.54, 1.807) is 12.1 Å². The monoisotopic (exact) mass is 619 g/mol. The molecule has 0 amide bonds. The molecule has 5 aromatic rings. The SMILES string of the molecule is O=c1nc(Nc2ccc3c(S(=O)(=O)O)cccc3c2)nc(Nc2ccc3c(S(=O)(=O)O)cc(S(=O)(=O)O)cc3c2)[nH]1. The van der Waals surface area contributed by atoms with E-state index in [0.717, 1.165) is 6.07 Å². The van der Waals surface area contributed by atoms with Crippen LogP contribution in [0.15, 0.2) is 86.2 Å². The van der Waals surface area contributed by atoms with Crippen molar-refractivity contribution in [2.75, 3.05) is 10.6 Å². The third-order valence-electron chi connectivity index (χ3n) is 5.75. The van der Waals surface area contributed by atoms with Crippen LogP contribution in [0.4, 0.5) is 23.3 Å². The van der Waals surface area contributed by atoms with Crippen LogP contribution in [-0.4, -0.2) is 53.9 Å². The quantitative estimate of drug-likeness (QED) is 0.143. The van der Waals surface area contributed by atoms with Crippen molar-refractivity contribution in [3.05, 3.63) is 77.2 Å². The zero-order valence-electron chi connectivity index (χ0n) is 20.2. The maximum atomic E-state index is 12.2. The first-order valence-electron chi connectivity index (χ1n) is 11.1. The van der Waals surface area contributed by atoms with Gasteiger partial charge in [-0.2, -0.15) is 35.2 Å². The van der Waals surface area contributed by atoms with Crippen LogP contribution >= 0.6 is 0 Å². The Hall–Kier alpha value is -4.46. The molecular formula is C23H17N5O10S3. The fourth-order valence-corrected chi connectivity index (χ4v) is 6.14. The van der Waals surface area contributed by atoms with Gasteiger partial charge in [-0.15, -0.1) is 0 Å². The van der Waals surface area contributed by atoms with Crippen molar-refractivity contribution in [1.82, 2.24) is 15.0 Å². The van der Waals surface area contributed by atoms with E-state index in [1.165, 1.54) is 42.5 Å². The molecule has 4 aromatic carbocycles. The Morgan fingerprint density at radius 3 is 1.88 bits per heavy atom. The molecule has 18 heteroatoms. The first-order chi connectivity index (χ1) is 19.1. The molecule has 0 spiro atoms. The fourth-order valence-electron chi connectivity index (χ4n) is 4.07. The maximum Gasteiger partial charge on any atom is 0.351 e. The predicted molar refractivity (Wildman–Crippen MR) is 147 cm³/mol. The minimum absolute atomic E-state index is 0.00734. The lowest BCUT2D eigenvalue weighted by Gasteiger charge is -2.11. The smallest absolute Gasteiger partial charge is 0.326 e. The Morgan fingerprint density at radius 2 is 1.24 bits per heavy atom. The molecule has 0 saturated carbocycles. The summed E-state index contributed by atoms with van der Waals surface area (Å²) in [4.78, 5) is 20.7. The largest absolute Gasteiger partial charge is 0.351 e. The number of hydrogen-bond acceptors (Lipinski definition) is 11. The third-order valence-corrected chi connectivity index (χ3v) is 8.39. The van der Waals surface area contributed by atoms with E-state index in [9.17, 15) is 43.7 Å². The van der Waals surface area contributed by atoms with Crippen LogP contribution in [0.5, 0.6) is 0 Å². The summed E-state index contributed by atoms with van der Waals surface area (Å²) in [6.45, 7) is 0. The molecule has 0 fully saturated rings. The highest BCUT2D eigenvalue weighted by Crippen LogP contribution is 2.30. The highest BCUT2D eigenvalue weighted by Gasteiger charge is 2.21. The fraction of sp³-hybridized carbons (Fsp3) is 0. The number of rotatable bonds is 7. The van der Waals surface area contributed by atoms with E-state index in [0.29, 0.717) is 17.1 Å². The topological polar surface area (TPSA) is 246 Å². The van der Waals surface area contributed by atoms with E-state index in [2.05, 4.69) is 25.6 Å². The summed E-state index contributed by atoms with van der Waals surface area (Å²) in [7, 11) is -14.1. The van der Waals surface area contributed by atoms with E-state index in [-0.39, 0.29) is 38.6 Å². The van der Waals surface area contributed by atoms with Gasteiger partial charge >= 0.3 is 5.69 Å². The summed E-state index contributed by atoms with van der Waals surface area (Å²) < 4.78 is 98.6. The molecule has 5 rings (SSSR count). The molecular weight excluding hydrogens is 602 g/mol. The van der Waals surface area contributed by atoms with Gasteiger partial charge in [-0.1, -0.05) is 24.3 Å². The molecule has 41 heavy (non-hydrogen) atoms. The minimum Gasteiger partial charge on any atom is -0.326 e. The standard InChI is InChI=1S/C23H17N5O10S3/c29-23-27-21(24-14-4-6-17-12(8-14)2-1-3-19(17)40(33,34)35)26-22(28-23)25-15-5-7-18-13(9-15)10-16(39(30,31)32)11-20(18)41(36,37)38/h1-11H,(H,30,31,32)(H,33,34,35)(H,36,37,38)(H3,24,25,26,27,28,29). The number of benzene rings is 4. The number of aromatic nitrogens is 3. The van der Waals surface area contributed by atoms with Gasteiger partial charge in [-0.25, -0.2) is 4.79 Å². The molecule has 6 N–H and O–H groups in total. The molecule has 1 heterocycles. The second-order valence-corrected chi connectivity index (χ2v) is 12.8.